The van der Waals surface area contributed by atoms with Gasteiger partial charge in [-0.25, -0.2) is 14.4 Å². The van der Waals surface area contributed by atoms with Crippen molar-refractivity contribution in [1.29, 1.82) is 0 Å². The monoisotopic (exact) mass is 447 g/mol. The van der Waals surface area contributed by atoms with Crippen LogP contribution in [0, 0.1) is 0 Å². The molecule has 1 aromatic heterocycles. The molecule has 0 aliphatic rings. The lowest BCUT2D eigenvalue weighted by molar-refractivity contribution is -0.106. The van der Waals surface area contributed by atoms with Crippen molar-refractivity contribution in [2.45, 2.75) is 66.1 Å². The molecule has 0 bridgehead atoms. The molecule has 0 radical (unpaired) electrons. The summed E-state index contributed by atoms with van der Waals surface area (Å²) in [6.07, 6.45) is -1.69. The molecular formula is C23H29NO6S. The molecule has 31 heavy (non-hydrogen) atoms. The van der Waals surface area contributed by atoms with Crippen molar-refractivity contribution in [3.8, 4) is 11.1 Å². The van der Waals surface area contributed by atoms with E-state index in [0.29, 0.717) is 17.5 Å². The predicted octanol–water partition coefficient (Wildman–Crippen LogP) is 6.22. The van der Waals surface area contributed by atoms with E-state index in [9.17, 15) is 14.4 Å². The van der Waals surface area contributed by atoms with Gasteiger partial charge in [0.05, 0.1) is 5.56 Å². The number of ether oxygens (including phenoxy) is 2. The van der Waals surface area contributed by atoms with Crippen LogP contribution in [0.3, 0.4) is 0 Å². The Hall–Kier alpha value is -2.87. The van der Waals surface area contributed by atoms with E-state index in [-0.39, 0.29) is 5.06 Å². The number of benzene rings is 1. The van der Waals surface area contributed by atoms with Gasteiger partial charge in [-0.05, 0) is 64.0 Å². The first kappa shape index (κ1) is 24.4. The first-order valence-electron chi connectivity index (χ1n) is 9.96. The molecule has 168 valence electrons. The Balaban J connectivity index is 2.41. The number of hydroxylamine groups is 2. The van der Waals surface area contributed by atoms with Crippen molar-refractivity contribution in [2.75, 3.05) is 0 Å². The van der Waals surface area contributed by atoms with E-state index >= 15 is 0 Å². The summed E-state index contributed by atoms with van der Waals surface area (Å²) in [5, 5.41) is 2.10. The van der Waals surface area contributed by atoms with Gasteiger partial charge in [0, 0.05) is 10.4 Å². The number of aryl methyl sites for hydroxylation is 1. The van der Waals surface area contributed by atoms with Gasteiger partial charge in [-0.3, -0.25) is 0 Å². The number of carbonyl (C=O) groups is 3. The highest BCUT2D eigenvalue weighted by atomic mass is 32.1. The van der Waals surface area contributed by atoms with Crippen LogP contribution in [-0.4, -0.2) is 34.4 Å². The number of amides is 2. The van der Waals surface area contributed by atoms with Crippen LogP contribution in [-0.2, 0) is 20.7 Å². The second-order valence-electron chi connectivity index (χ2n) is 8.80. The molecule has 0 fully saturated rings. The van der Waals surface area contributed by atoms with Crippen molar-refractivity contribution in [2.24, 2.45) is 0 Å². The number of hydrogen-bond acceptors (Lipinski definition) is 7. The summed E-state index contributed by atoms with van der Waals surface area (Å²) in [6, 6.07) is 9.35. The van der Waals surface area contributed by atoms with Gasteiger partial charge in [0.2, 0.25) is 0 Å². The molecular weight excluding hydrogens is 418 g/mol. The molecule has 2 amide bonds. The number of imide groups is 1. The molecule has 0 saturated carbocycles. The maximum absolute atomic E-state index is 13.2. The smallest absolute Gasteiger partial charge is 0.441 e. The van der Waals surface area contributed by atoms with Crippen LogP contribution in [0.4, 0.5) is 9.59 Å². The third kappa shape index (κ3) is 6.82. The zero-order valence-corrected chi connectivity index (χ0v) is 19.8. The van der Waals surface area contributed by atoms with Gasteiger partial charge in [-0.2, -0.15) is 0 Å². The predicted molar refractivity (Wildman–Crippen MR) is 119 cm³/mol. The minimum Gasteiger partial charge on any atom is -0.441 e. The number of rotatable bonds is 3. The van der Waals surface area contributed by atoms with Gasteiger partial charge >= 0.3 is 18.2 Å². The maximum Gasteiger partial charge on any atom is 0.454 e. The first-order chi connectivity index (χ1) is 14.3. The summed E-state index contributed by atoms with van der Waals surface area (Å²) in [4.78, 5) is 44.5. The van der Waals surface area contributed by atoms with E-state index in [2.05, 4.69) is 0 Å². The fourth-order valence-corrected chi connectivity index (χ4v) is 3.59. The van der Waals surface area contributed by atoms with E-state index in [4.69, 9.17) is 14.3 Å². The van der Waals surface area contributed by atoms with Crippen molar-refractivity contribution < 1.29 is 28.7 Å². The third-order valence-electron chi connectivity index (χ3n) is 3.77. The largest absolute Gasteiger partial charge is 0.454 e. The number of thiophene rings is 1. The topological polar surface area (TPSA) is 82.1 Å². The van der Waals surface area contributed by atoms with Gasteiger partial charge < -0.3 is 14.3 Å². The average Bonchev–Trinajstić information content (AvgIpc) is 3.07. The van der Waals surface area contributed by atoms with Crippen LogP contribution in [0.2, 0.25) is 0 Å². The minimum atomic E-state index is -1.13. The Morgan fingerprint density at radius 1 is 0.903 bits per heavy atom. The molecule has 0 N–H and O–H groups in total. The molecule has 1 heterocycles. The summed E-state index contributed by atoms with van der Waals surface area (Å²) in [5.74, 6) is -0.839. The van der Waals surface area contributed by atoms with Crippen molar-refractivity contribution in [3.05, 3.63) is 46.2 Å². The normalized spacial score (nSPS) is 11.6. The Bertz CT molecular complexity index is 909. The molecule has 0 aliphatic heterocycles. The van der Waals surface area contributed by atoms with Crippen molar-refractivity contribution in [1.82, 2.24) is 5.06 Å². The van der Waals surface area contributed by atoms with Gasteiger partial charge in [-0.1, -0.05) is 37.3 Å². The summed E-state index contributed by atoms with van der Waals surface area (Å²) >= 11 is 1.41. The second-order valence-corrected chi connectivity index (χ2v) is 9.77. The summed E-state index contributed by atoms with van der Waals surface area (Å²) in [7, 11) is 0. The summed E-state index contributed by atoms with van der Waals surface area (Å²) < 4.78 is 10.5. The van der Waals surface area contributed by atoms with Crippen LogP contribution in [0.1, 0.15) is 63.7 Å². The lowest BCUT2D eigenvalue weighted by Gasteiger charge is -2.27. The molecule has 0 atom stereocenters. The Labute approximate surface area is 186 Å². The highest BCUT2D eigenvalue weighted by Gasteiger charge is 2.36. The van der Waals surface area contributed by atoms with Crippen LogP contribution < -0.4 is 0 Å². The molecule has 0 aliphatic carbocycles. The van der Waals surface area contributed by atoms with Crippen molar-refractivity contribution in [3.63, 3.8) is 0 Å². The van der Waals surface area contributed by atoms with Gasteiger partial charge in [0.1, 0.15) is 11.2 Å². The summed E-state index contributed by atoms with van der Waals surface area (Å²) in [6.45, 7) is 11.8. The standard InChI is InChI=1S/C23H29NO6S/c1-8-17-18(16(14-31-17)15-12-10-9-11-13-15)19(25)30-24(20(26)28-22(2,3)4)21(27)29-23(5,6)7/h9-14H,8H2,1-7H3. The SMILES string of the molecule is CCc1scc(-c2ccccc2)c1C(=O)ON(C(=O)OC(C)(C)C)C(=O)OC(C)(C)C. The van der Waals surface area contributed by atoms with E-state index in [1.807, 2.05) is 42.6 Å². The third-order valence-corrected chi connectivity index (χ3v) is 4.90. The minimum absolute atomic E-state index is 0.241. The van der Waals surface area contributed by atoms with Crippen LogP contribution in [0.25, 0.3) is 11.1 Å². The van der Waals surface area contributed by atoms with Crippen LogP contribution >= 0.6 is 11.3 Å². The fourth-order valence-electron chi connectivity index (χ4n) is 2.60. The Morgan fingerprint density at radius 2 is 1.42 bits per heavy atom. The lowest BCUT2D eigenvalue weighted by Crippen LogP contribution is -2.44. The second kappa shape index (κ2) is 9.51. The van der Waals surface area contributed by atoms with E-state index in [1.54, 1.807) is 41.5 Å². The van der Waals surface area contributed by atoms with E-state index in [0.717, 1.165) is 10.4 Å². The molecule has 2 rings (SSSR count). The lowest BCUT2D eigenvalue weighted by atomic mass is 10.0. The molecule has 0 unspecified atom stereocenters. The van der Waals surface area contributed by atoms with E-state index < -0.39 is 29.4 Å². The van der Waals surface area contributed by atoms with Crippen LogP contribution in [0.15, 0.2) is 35.7 Å². The van der Waals surface area contributed by atoms with Gasteiger partial charge in [0.25, 0.3) is 0 Å². The molecule has 1 aromatic carbocycles. The zero-order chi connectivity index (χ0) is 23.4. The Morgan fingerprint density at radius 3 is 1.87 bits per heavy atom. The van der Waals surface area contributed by atoms with E-state index in [1.165, 1.54) is 11.3 Å². The number of nitrogens with zero attached hydrogens (tertiary/aromatic N) is 1. The number of hydrogen-bond donors (Lipinski definition) is 0. The highest BCUT2D eigenvalue weighted by molar-refractivity contribution is 7.10. The van der Waals surface area contributed by atoms with Crippen molar-refractivity contribution >= 4 is 29.5 Å². The fraction of sp³-hybridized carbons (Fsp3) is 0.435. The maximum atomic E-state index is 13.2. The van der Waals surface area contributed by atoms with Gasteiger partial charge in [-0.15, -0.1) is 11.3 Å². The molecule has 0 spiro atoms. The van der Waals surface area contributed by atoms with Gasteiger partial charge in [0.15, 0.2) is 0 Å². The average molecular weight is 448 g/mol. The Kier molecular flexibility index (Phi) is 7.49. The first-order valence-corrected chi connectivity index (χ1v) is 10.8. The quantitative estimate of drug-likeness (QED) is 0.519. The molecule has 8 heteroatoms. The molecule has 7 nitrogen and oxygen atoms in total. The molecule has 0 saturated heterocycles. The molecule has 2 aromatic rings. The summed E-state index contributed by atoms with van der Waals surface area (Å²) in [5.41, 5.74) is -0.0191. The number of carbonyl (C=O) groups excluding carboxylic acids is 3. The zero-order valence-electron chi connectivity index (χ0n) is 19.0. The highest BCUT2D eigenvalue weighted by Crippen LogP contribution is 2.33. The van der Waals surface area contributed by atoms with Crippen LogP contribution in [0.5, 0.6) is 0 Å².